The highest BCUT2D eigenvalue weighted by molar-refractivity contribution is 7.84. The Labute approximate surface area is 89.3 Å². The highest BCUT2D eigenvalue weighted by atomic mass is 32.2. The van der Waals surface area contributed by atoms with Crippen LogP contribution in [0.4, 0.5) is 0 Å². The van der Waals surface area contributed by atoms with Crippen LogP contribution in [0.15, 0.2) is 0 Å². The SMILES string of the molecule is CS(=O)CCNCCCC(C)(C)C#N. The van der Waals surface area contributed by atoms with Crippen molar-refractivity contribution in [3.8, 4) is 6.07 Å². The van der Waals surface area contributed by atoms with Crippen molar-refractivity contribution in [2.24, 2.45) is 5.41 Å². The van der Waals surface area contributed by atoms with Crippen molar-refractivity contribution in [1.29, 1.82) is 5.26 Å². The van der Waals surface area contributed by atoms with Crippen LogP contribution >= 0.6 is 0 Å². The van der Waals surface area contributed by atoms with E-state index in [9.17, 15) is 4.21 Å². The molecule has 4 heteroatoms. The molecule has 0 fully saturated rings. The van der Waals surface area contributed by atoms with E-state index < -0.39 is 10.8 Å². The molecule has 1 atom stereocenters. The first kappa shape index (κ1) is 13.6. The van der Waals surface area contributed by atoms with E-state index in [4.69, 9.17) is 5.26 Å². The Morgan fingerprint density at radius 3 is 2.57 bits per heavy atom. The number of nitrogens with one attached hydrogen (secondary N) is 1. The number of rotatable bonds is 7. The van der Waals surface area contributed by atoms with Crippen LogP contribution in [-0.4, -0.2) is 29.3 Å². The summed E-state index contributed by atoms with van der Waals surface area (Å²) in [6.45, 7) is 5.61. The van der Waals surface area contributed by atoms with Crippen LogP contribution in [-0.2, 0) is 10.8 Å². The first-order chi connectivity index (χ1) is 6.48. The van der Waals surface area contributed by atoms with Crippen LogP contribution < -0.4 is 5.32 Å². The van der Waals surface area contributed by atoms with E-state index in [0.29, 0.717) is 5.75 Å². The first-order valence-electron chi connectivity index (χ1n) is 4.90. The maximum absolute atomic E-state index is 10.7. The van der Waals surface area contributed by atoms with Gasteiger partial charge in [0.05, 0.1) is 11.5 Å². The molecule has 0 radical (unpaired) electrons. The highest BCUT2D eigenvalue weighted by Crippen LogP contribution is 2.19. The molecular formula is C10H20N2OS. The predicted octanol–water partition coefficient (Wildman–Crippen LogP) is 1.28. The molecule has 0 heterocycles. The zero-order chi connectivity index (χ0) is 11.0. The Morgan fingerprint density at radius 1 is 1.43 bits per heavy atom. The van der Waals surface area contributed by atoms with E-state index in [1.807, 2.05) is 13.8 Å². The molecule has 0 aromatic rings. The Kier molecular flexibility index (Phi) is 6.77. The monoisotopic (exact) mass is 216 g/mol. The van der Waals surface area contributed by atoms with Gasteiger partial charge < -0.3 is 5.32 Å². The summed E-state index contributed by atoms with van der Waals surface area (Å²) >= 11 is 0. The van der Waals surface area contributed by atoms with Crippen molar-refractivity contribution in [1.82, 2.24) is 5.32 Å². The molecule has 3 nitrogen and oxygen atoms in total. The fourth-order valence-electron chi connectivity index (χ4n) is 1.05. The molecule has 1 unspecified atom stereocenters. The number of hydrogen-bond acceptors (Lipinski definition) is 3. The Morgan fingerprint density at radius 2 is 2.07 bits per heavy atom. The van der Waals surface area contributed by atoms with Crippen LogP contribution in [0.3, 0.4) is 0 Å². The van der Waals surface area contributed by atoms with E-state index in [1.54, 1.807) is 6.26 Å². The van der Waals surface area contributed by atoms with Crippen LogP contribution in [0.2, 0.25) is 0 Å². The molecule has 0 aliphatic rings. The molecule has 0 aromatic heterocycles. The quantitative estimate of drug-likeness (QED) is 0.652. The topological polar surface area (TPSA) is 52.9 Å². The van der Waals surface area contributed by atoms with Gasteiger partial charge in [-0.25, -0.2) is 0 Å². The summed E-state index contributed by atoms with van der Waals surface area (Å²) in [6.07, 6.45) is 3.61. The molecule has 0 rings (SSSR count). The molecular weight excluding hydrogens is 196 g/mol. The van der Waals surface area contributed by atoms with Crippen molar-refractivity contribution in [3.63, 3.8) is 0 Å². The summed E-state index contributed by atoms with van der Waals surface area (Å²) in [6, 6.07) is 2.27. The van der Waals surface area contributed by atoms with E-state index in [0.717, 1.165) is 25.9 Å². The van der Waals surface area contributed by atoms with Gasteiger partial charge in [-0.05, 0) is 33.2 Å². The molecule has 0 bridgehead atoms. The Balaban J connectivity index is 3.31. The van der Waals surface area contributed by atoms with Gasteiger partial charge in [-0.1, -0.05) is 0 Å². The molecule has 0 saturated heterocycles. The standard InChI is InChI=1S/C10H20N2OS/c1-10(2,9-11)5-4-6-12-7-8-14(3)13/h12H,4-8H2,1-3H3. The first-order valence-corrected chi connectivity index (χ1v) is 6.63. The molecule has 0 amide bonds. The average Bonchev–Trinajstić information content (AvgIpc) is 2.10. The van der Waals surface area contributed by atoms with Gasteiger partial charge in [0.1, 0.15) is 0 Å². The van der Waals surface area contributed by atoms with E-state index in [2.05, 4.69) is 11.4 Å². The second-order valence-corrected chi connectivity index (χ2v) is 5.68. The molecule has 82 valence electrons. The maximum Gasteiger partial charge on any atom is 0.0683 e. The van der Waals surface area contributed by atoms with Gasteiger partial charge in [0, 0.05) is 29.4 Å². The van der Waals surface area contributed by atoms with Gasteiger partial charge in [-0.3, -0.25) is 4.21 Å². The zero-order valence-electron chi connectivity index (χ0n) is 9.30. The molecule has 14 heavy (non-hydrogen) atoms. The lowest BCUT2D eigenvalue weighted by atomic mass is 9.90. The molecule has 0 aliphatic heterocycles. The third-order valence-electron chi connectivity index (χ3n) is 2.02. The summed E-state index contributed by atoms with van der Waals surface area (Å²) < 4.78 is 10.7. The summed E-state index contributed by atoms with van der Waals surface area (Å²) in [5.41, 5.74) is -0.213. The second-order valence-electron chi connectivity index (χ2n) is 4.13. The van der Waals surface area contributed by atoms with Gasteiger partial charge >= 0.3 is 0 Å². The lowest BCUT2D eigenvalue weighted by Gasteiger charge is -2.14. The fraction of sp³-hybridized carbons (Fsp3) is 0.900. The predicted molar refractivity (Wildman–Crippen MR) is 60.4 cm³/mol. The second kappa shape index (κ2) is 6.97. The fourth-order valence-corrected chi connectivity index (χ4v) is 1.48. The molecule has 0 spiro atoms. The normalized spacial score (nSPS) is 13.6. The number of hydrogen-bond donors (Lipinski definition) is 1. The van der Waals surface area contributed by atoms with E-state index >= 15 is 0 Å². The van der Waals surface area contributed by atoms with Gasteiger partial charge in [0.15, 0.2) is 0 Å². The van der Waals surface area contributed by atoms with E-state index in [1.165, 1.54) is 0 Å². The van der Waals surface area contributed by atoms with Gasteiger partial charge in [0.2, 0.25) is 0 Å². The lowest BCUT2D eigenvalue weighted by Crippen LogP contribution is -2.22. The van der Waals surface area contributed by atoms with Crippen molar-refractivity contribution in [2.75, 3.05) is 25.1 Å². The summed E-state index contributed by atoms with van der Waals surface area (Å²) in [4.78, 5) is 0. The van der Waals surface area contributed by atoms with Gasteiger partial charge in [-0.15, -0.1) is 0 Å². The minimum absolute atomic E-state index is 0.213. The van der Waals surface area contributed by atoms with Crippen molar-refractivity contribution in [3.05, 3.63) is 0 Å². The summed E-state index contributed by atoms with van der Waals surface area (Å²) in [5, 5.41) is 12.0. The van der Waals surface area contributed by atoms with Crippen LogP contribution in [0.5, 0.6) is 0 Å². The van der Waals surface area contributed by atoms with Gasteiger partial charge in [-0.2, -0.15) is 5.26 Å². The molecule has 0 aliphatic carbocycles. The molecule has 1 N–H and O–H groups in total. The maximum atomic E-state index is 10.7. The zero-order valence-corrected chi connectivity index (χ0v) is 10.1. The third-order valence-corrected chi connectivity index (χ3v) is 2.80. The van der Waals surface area contributed by atoms with Crippen molar-refractivity contribution in [2.45, 2.75) is 26.7 Å². The van der Waals surface area contributed by atoms with Crippen LogP contribution in [0.1, 0.15) is 26.7 Å². The number of nitriles is 1. The van der Waals surface area contributed by atoms with Crippen molar-refractivity contribution < 1.29 is 4.21 Å². The number of nitrogens with zero attached hydrogens (tertiary/aromatic N) is 1. The largest absolute Gasteiger partial charge is 0.316 e. The van der Waals surface area contributed by atoms with Crippen molar-refractivity contribution >= 4 is 10.8 Å². The molecule has 0 aromatic carbocycles. The lowest BCUT2D eigenvalue weighted by molar-refractivity contribution is 0.428. The Hall–Kier alpha value is -0.400. The van der Waals surface area contributed by atoms with E-state index in [-0.39, 0.29) is 5.41 Å². The minimum Gasteiger partial charge on any atom is -0.316 e. The summed E-state index contributed by atoms with van der Waals surface area (Å²) in [7, 11) is -0.705. The van der Waals surface area contributed by atoms with Crippen LogP contribution in [0.25, 0.3) is 0 Å². The minimum atomic E-state index is -0.705. The van der Waals surface area contributed by atoms with Gasteiger partial charge in [0.25, 0.3) is 0 Å². The highest BCUT2D eigenvalue weighted by Gasteiger charge is 2.14. The summed E-state index contributed by atoms with van der Waals surface area (Å²) in [5.74, 6) is 0.710. The van der Waals surface area contributed by atoms with Crippen LogP contribution in [0, 0.1) is 16.7 Å². The average molecular weight is 216 g/mol. The molecule has 0 saturated carbocycles. The Bertz CT molecular complexity index is 221. The third kappa shape index (κ3) is 8.21. The smallest absolute Gasteiger partial charge is 0.0683 e.